The molecule has 16 heavy (non-hydrogen) atoms. The van der Waals surface area contributed by atoms with E-state index in [2.05, 4.69) is 16.4 Å². The van der Waals surface area contributed by atoms with Crippen molar-refractivity contribution >= 4 is 11.6 Å². The Kier molecular flexibility index (Phi) is 4.61. The molecule has 0 amide bonds. The van der Waals surface area contributed by atoms with Crippen molar-refractivity contribution in [3.8, 4) is 0 Å². The molecule has 0 saturated heterocycles. The van der Waals surface area contributed by atoms with Gasteiger partial charge in [0.05, 0.1) is 5.69 Å². The lowest BCUT2D eigenvalue weighted by atomic mass is 9.86. The topological polar surface area (TPSA) is 24.9 Å². The number of nitrogens with one attached hydrogen (secondary N) is 1. The van der Waals surface area contributed by atoms with Crippen LogP contribution in [0.2, 0.25) is 0 Å². The molecule has 1 aliphatic rings. The van der Waals surface area contributed by atoms with E-state index in [1.165, 1.54) is 25.7 Å². The molecule has 0 aromatic carbocycles. The van der Waals surface area contributed by atoms with Gasteiger partial charge in [-0.05, 0) is 30.9 Å². The van der Waals surface area contributed by atoms with Crippen molar-refractivity contribution in [3.05, 3.63) is 30.1 Å². The van der Waals surface area contributed by atoms with Crippen LogP contribution in [0.4, 0.5) is 0 Å². The van der Waals surface area contributed by atoms with E-state index in [0.717, 1.165) is 18.1 Å². The fraction of sp³-hybridized carbons (Fsp3) is 0.615. The van der Waals surface area contributed by atoms with E-state index in [-0.39, 0.29) is 0 Å². The second-order valence-corrected chi connectivity index (χ2v) is 4.82. The average molecular weight is 239 g/mol. The maximum absolute atomic E-state index is 6.00. The third kappa shape index (κ3) is 3.19. The summed E-state index contributed by atoms with van der Waals surface area (Å²) in [5.74, 6) is 1.42. The summed E-state index contributed by atoms with van der Waals surface area (Å²) in [5.41, 5.74) is 1.11. The van der Waals surface area contributed by atoms with E-state index < -0.39 is 0 Å². The molecule has 0 aliphatic heterocycles. The standard InChI is InChI=1S/C13H19ClN2/c14-9-11-5-1-2-7-13(11)16-10-12-6-3-4-8-15-12/h3-4,6,8,11,13,16H,1-2,5,7,9-10H2. The minimum atomic E-state index is 0.577. The Hall–Kier alpha value is -0.600. The minimum Gasteiger partial charge on any atom is -0.308 e. The van der Waals surface area contributed by atoms with E-state index >= 15 is 0 Å². The van der Waals surface area contributed by atoms with Gasteiger partial charge >= 0.3 is 0 Å². The van der Waals surface area contributed by atoms with Gasteiger partial charge in [-0.25, -0.2) is 0 Å². The van der Waals surface area contributed by atoms with Gasteiger partial charge in [0.15, 0.2) is 0 Å². The molecule has 0 bridgehead atoms. The number of aromatic nitrogens is 1. The van der Waals surface area contributed by atoms with Gasteiger partial charge in [0.2, 0.25) is 0 Å². The van der Waals surface area contributed by atoms with Crippen molar-refractivity contribution in [1.82, 2.24) is 10.3 Å². The average Bonchev–Trinajstić information content (AvgIpc) is 2.38. The summed E-state index contributed by atoms with van der Waals surface area (Å²) in [6.45, 7) is 0.860. The smallest absolute Gasteiger partial charge is 0.0541 e. The van der Waals surface area contributed by atoms with Crippen LogP contribution in [0.5, 0.6) is 0 Å². The van der Waals surface area contributed by atoms with Crippen molar-refractivity contribution in [1.29, 1.82) is 0 Å². The Morgan fingerprint density at radius 1 is 1.31 bits per heavy atom. The van der Waals surface area contributed by atoms with Gasteiger partial charge in [-0.1, -0.05) is 18.9 Å². The Morgan fingerprint density at radius 3 is 2.94 bits per heavy atom. The molecule has 2 atom stereocenters. The number of hydrogen-bond donors (Lipinski definition) is 1. The van der Waals surface area contributed by atoms with Crippen molar-refractivity contribution in [2.24, 2.45) is 5.92 Å². The van der Waals surface area contributed by atoms with E-state index in [0.29, 0.717) is 12.0 Å². The predicted octanol–water partition coefficient (Wildman–Crippen LogP) is 2.97. The van der Waals surface area contributed by atoms with Crippen LogP contribution in [0, 0.1) is 5.92 Å². The lowest BCUT2D eigenvalue weighted by Crippen LogP contribution is -2.39. The molecule has 1 aliphatic carbocycles. The van der Waals surface area contributed by atoms with Crippen molar-refractivity contribution in [3.63, 3.8) is 0 Å². The van der Waals surface area contributed by atoms with Gasteiger partial charge in [0.25, 0.3) is 0 Å². The molecular weight excluding hydrogens is 220 g/mol. The maximum Gasteiger partial charge on any atom is 0.0541 e. The van der Waals surface area contributed by atoms with Crippen LogP contribution < -0.4 is 5.32 Å². The minimum absolute atomic E-state index is 0.577. The summed E-state index contributed by atoms with van der Waals surface area (Å²) in [5, 5.41) is 3.59. The molecule has 1 aromatic heterocycles. The zero-order valence-electron chi connectivity index (χ0n) is 9.53. The number of pyridine rings is 1. The molecule has 0 spiro atoms. The molecule has 1 saturated carbocycles. The molecule has 2 rings (SSSR count). The monoisotopic (exact) mass is 238 g/mol. The number of rotatable bonds is 4. The molecular formula is C13H19ClN2. The first-order valence-electron chi connectivity index (χ1n) is 6.09. The van der Waals surface area contributed by atoms with E-state index in [1.54, 1.807) is 0 Å². The third-order valence-electron chi connectivity index (χ3n) is 3.38. The van der Waals surface area contributed by atoms with Crippen LogP contribution in [0.1, 0.15) is 31.4 Å². The quantitative estimate of drug-likeness (QED) is 0.816. The summed E-state index contributed by atoms with van der Waals surface area (Å²) in [7, 11) is 0. The number of alkyl halides is 1. The zero-order chi connectivity index (χ0) is 11.2. The highest BCUT2D eigenvalue weighted by Gasteiger charge is 2.23. The highest BCUT2D eigenvalue weighted by atomic mass is 35.5. The van der Waals surface area contributed by atoms with Gasteiger partial charge < -0.3 is 5.32 Å². The second kappa shape index (κ2) is 6.21. The Morgan fingerprint density at radius 2 is 2.19 bits per heavy atom. The highest BCUT2D eigenvalue weighted by Crippen LogP contribution is 2.25. The van der Waals surface area contributed by atoms with Crippen LogP contribution in [-0.2, 0) is 6.54 Å². The molecule has 88 valence electrons. The van der Waals surface area contributed by atoms with Gasteiger partial charge in [-0.15, -0.1) is 11.6 Å². The Labute approximate surface area is 102 Å². The summed E-state index contributed by atoms with van der Waals surface area (Å²) < 4.78 is 0. The first-order chi connectivity index (χ1) is 7.90. The number of halogens is 1. The normalized spacial score (nSPS) is 25.6. The maximum atomic E-state index is 6.00. The predicted molar refractivity (Wildman–Crippen MR) is 67.5 cm³/mol. The molecule has 2 nitrogen and oxygen atoms in total. The largest absolute Gasteiger partial charge is 0.308 e. The van der Waals surface area contributed by atoms with Crippen molar-refractivity contribution in [2.75, 3.05) is 5.88 Å². The molecule has 1 aromatic rings. The van der Waals surface area contributed by atoms with Crippen LogP contribution in [0.3, 0.4) is 0 Å². The number of nitrogens with zero attached hydrogens (tertiary/aromatic N) is 1. The molecule has 1 N–H and O–H groups in total. The summed E-state index contributed by atoms with van der Waals surface area (Å²) >= 11 is 6.00. The summed E-state index contributed by atoms with van der Waals surface area (Å²) in [6.07, 6.45) is 7.02. The molecule has 1 fully saturated rings. The van der Waals surface area contributed by atoms with Crippen LogP contribution >= 0.6 is 11.6 Å². The van der Waals surface area contributed by atoms with Gasteiger partial charge in [0.1, 0.15) is 0 Å². The van der Waals surface area contributed by atoms with Crippen LogP contribution in [-0.4, -0.2) is 16.9 Å². The highest BCUT2D eigenvalue weighted by molar-refractivity contribution is 6.18. The lowest BCUT2D eigenvalue weighted by molar-refractivity contribution is 0.281. The van der Waals surface area contributed by atoms with E-state index in [1.807, 2.05) is 18.3 Å². The summed E-state index contributed by atoms with van der Waals surface area (Å²) in [4.78, 5) is 4.32. The van der Waals surface area contributed by atoms with Gasteiger partial charge in [-0.2, -0.15) is 0 Å². The Balaban J connectivity index is 1.84. The first-order valence-corrected chi connectivity index (χ1v) is 6.63. The Bertz CT molecular complexity index is 302. The third-order valence-corrected chi connectivity index (χ3v) is 3.78. The van der Waals surface area contributed by atoms with Crippen molar-refractivity contribution in [2.45, 2.75) is 38.3 Å². The molecule has 3 heteroatoms. The molecule has 1 heterocycles. The molecule has 2 unspecified atom stereocenters. The first kappa shape index (κ1) is 11.9. The fourth-order valence-corrected chi connectivity index (χ4v) is 2.77. The van der Waals surface area contributed by atoms with Crippen LogP contribution in [0.25, 0.3) is 0 Å². The van der Waals surface area contributed by atoms with Crippen molar-refractivity contribution < 1.29 is 0 Å². The SMILES string of the molecule is ClCC1CCCCC1NCc1ccccn1. The second-order valence-electron chi connectivity index (χ2n) is 4.51. The van der Waals surface area contributed by atoms with Gasteiger partial charge in [0, 0.05) is 24.7 Å². The fourth-order valence-electron chi connectivity index (χ4n) is 2.40. The number of hydrogen-bond acceptors (Lipinski definition) is 2. The van der Waals surface area contributed by atoms with E-state index in [9.17, 15) is 0 Å². The summed E-state index contributed by atoms with van der Waals surface area (Å²) in [6, 6.07) is 6.62. The van der Waals surface area contributed by atoms with Crippen LogP contribution in [0.15, 0.2) is 24.4 Å². The van der Waals surface area contributed by atoms with E-state index in [4.69, 9.17) is 11.6 Å². The lowest BCUT2D eigenvalue weighted by Gasteiger charge is -2.30. The zero-order valence-corrected chi connectivity index (χ0v) is 10.3. The van der Waals surface area contributed by atoms with Gasteiger partial charge in [-0.3, -0.25) is 4.98 Å². The molecule has 0 radical (unpaired) electrons.